The van der Waals surface area contributed by atoms with Crippen LogP contribution in [-0.4, -0.2) is 47.1 Å². The van der Waals surface area contributed by atoms with Gasteiger partial charge in [-0.15, -0.1) is 11.8 Å². The van der Waals surface area contributed by atoms with Crippen LogP contribution >= 0.6 is 11.8 Å². The summed E-state index contributed by atoms with van der Waals surface area (Å²) in [6, 6.07) is 6.00. The number of alkyl halides is 1. The Morgan fingerprint density at radius 1 is 1.08 bits per heavy atom. The van der Waals surface area contributed by atoms with Crippen molar-refractivity contribution in [3.63, 3.8) is 0 Å². The van der Waals surface area contributed by atoms with Gasteiger partial charge in [0.25, 0.3) is 0 Å². The van der Waals surface area contributed by atoms with Gasteiger partial charge in [0, 0.05) is 43.0 Å². The van der Waals surface area contributed by atoms with Crippen molar-refractivity contribution in [3.8, 4) is 16.9 Å². The maximum absolute atomic E-state index is 15.9. The summed E-state index contributed by atoms with van der Waals surface area (Å²) in [5.74, 6) is -3.42. The van der Waals surface area contributed by atoms with Gasteiger partial charge < -0.3 is 9.64 Å². The van der Waals surface area contributed by atoms with Gasteiger partial charge in [-0.1, -0.05) is 18.2 Å². The maximum Gasteiger partial charge on any atom is 0.248 e. The number of carbonyl (C=O) groups is 1. The predicted molar refractivity (Wildman–Crippen MR) is 125 cm³/mol. The number of carbonyl (C=O) groups excluding carboxylic acids is 1. The zero-order valence-corrected chi connectivity index (χ0v) is 20.6. The molecule has 3 aliphatic heterocycles. The van der Waals surface area contributed by atoms with Gasteiger partial charge in [-0.3, -0.25) is 4.79 Å². The Labute approximate surface area is 209 Å². The summed E-state index contributed by atoms with van der Waals surface area (Å²) in [6.45, 7) is 0.0484. The molecule has 1 spiro atoms. The zero-order chi connectivity index (χ0) is 25.5. The number of benzene rings is 2. The summed E-state index contributed by atoms with van der Waals surface area (Å²) in [7, 11) is -4.33. The molecule has 1 N–H and O–H groups in total. The van der Waals surface area contributed by atoms with E-state index in [1.54, 1.807) is 0 Å². The van der Waals surface area contributed by atoms with E-state index in [-0.39, 0.29) is 60.6 Å². The number of halogens is 4. The molecule has 6 nitrogen and oxygen atoms in total. The second-order valence-corrected chi connectivity index (χ2v) is 13.2. The van der Waals surface area contributed by atoms with E-state index in [4.69, 9.17) is 4.74 Å². The first-order chi connectivity index (χ1) is 17.0. The minimum absolute atomic E-state index is 0.0706. The minimum atomic E-state index is -4.33. The Hall–Kier alpha value is -2.31. The molecule has 1 aliphatic carbocycles. The number of fused-ring (bicyclic) bond motifs is 4. The summed E-state index contributed by atoms with van der Waals surface area (Å²) in [5.41, 5.74) is -0.0659. The Bertz CT molecular complexity index is 1400. The molecule has 12 heteroatoms. The Kier molecular flexibility index (Phi) is 5.24. The molecule has 6 rings (SSSR count). The molecule has 192 valence electrons. The number of piperidine rings is 1. The van der Waals surface area contributed by atoms with E-state index in [0.717, 1.165) is 6.07 Å². The highest BCUT2D eigenvalue weighted by atomic mass is 32.2. The number of ether oxygens (including phenoxy) is 1. The van der Waals surface area contributed by atoms with E-state index in [1.165, 1.54) is 34.9 Å². The van der Waals surface area contributed by atoms with Crippen LogP contribution in [0.15, 0.2) is 30.3 Å². The normalized spacial score (nSPS) is 28.6. The van der Waals surface area contributed by atoms with Crippen LogP contribution in [0.25, 0.3) is 11.1 Å². The minimum Gasteiger partial charge on any atom is -0.489 e. The summed E-state index contributed by atoms with van der Waals surface area (Å²) in [4.78, 5) is 12.4. The third-order valence-electron chi connectivity index (χ3n) is 7.37. The molecule has 36 heavy (non-hydrogen) atoms. The van der Waals surface area contributed by atoms with E-state index in [2.05, 4.69) is 4.72 Å². The molecular formula is C24H22F4N2O4S2. The monoisotopic (exact) mass is 542 g/mol. The van der Waals surface area contributed by atoms with E-state index in [9.17, 15) is 26.4 Å². The Morgan fingerprint density at radius 3 is 2.61 bits per heavy atom. The van der Waals surface area contributed by atoms with Crippen molar-refractivity contribution in [2.75, 3.05) is 13.2 Å². The van der Waals surface area contributed by atoms with Crippen LogP contribution < -0.4 is 9.46 Å². The van der Waals surface area contributed by atoms with Gasteiger partial charge in [0.1, 0.15) is 21.4 Å². The SMILES string of the molecule is O=C1CCOc2c(F)cc(F)cc2-c2cccc(c2F)C[C@]23S[C@@]2(NS(=O)(=O)C2(F)CC2)CCCN13. The molecule has 0 radical (unpaired) electrons. The molecule has 0 unspecified atom stereocenters. The molecular weight excluding hydrogens is 520 g/mol. The van der Waals surface area contributed by atoms with Gasteiger partial charge in [-0.05, 0) is 24.5 Å². The lowest BCUT2D eigenvalue weighted by atomic mass is 9.89. The molecule has 2 saturated heterocycles. The number of nitrogens with zero attached hydrogens (tertiary/aromatic N) is 1. The first kappa shape index (κ1) is 24.1. The second-order valence-electron chi connectivity index (χ2n) is 9.67. The fourth-order valence-electron chi connectivity index (χ4n) is 5.34. The van der Waals surface area contributed by atoms with Crippen LogP contribution in [0.4, 0.5) is 17.6 Å². The molecule has 2 bridgehead atoms. The molecule has 2 aromatic rings. The Balaban J connectivity index is 1.47. The van der Waals surface area contributed by atoms with Gasteiger partial charge in [0.15, 0.2) is 11.6 Å². The first-order valence-electron chi connectivity index (χ1n) is 11.6. The number of amides is 1. The summed E-state index contributed by atoms with van der Waals surface area (Å²) in [5, 5.41) is -2.33. The molecule has 1 amide bonds. The quantitative estimate of drug-likeness (QED) is 0.464. The van der Waals surface area contributed by atoms with E-state index in [0.29, 0.717) is 25.5 Å². The molecule has 3 heterocycles. The Morgan fingerprint density at radius 2 is 1.86 bits per heavy atom. The van der Waals surface area contributed by atoms with Gasteiger partial charge in [0.05, 0.1) is 13.0 Å². The van der Waals surface area contributed by atoms with Crippen LogP contribution in [0, 0.1) is 17.5 Å². The summed E-state index contributed by atoms with van der Waals surface area (Å²) < 4.78 is 92.9. The van der Waals surface area contributed by atoms with Crippen molar-refractivity contribution in [1.82, 2.24) is 9.62 Å². The summed E-state index contributed by atoms with van der Waals surface area (Å²) >= 11 is 1.17. The van der Waals surface area contributed by atoms with Crippen LogP contribution in [0.2, 0.25) is 0 Å². The van der Waals surface area contributed by atoms with Crippen LogP contribution in [-0.2, 0) is 21.2 Å². The first-order valence-corrected chi connectivity index (χ1v) is 13.9. The number of sulfonamides is 1. The van der Waals surface area contributed by atoms with Crippen molar-refractivity contribution in [2.45, 2.75) is 53.3 Å². The maximum atomic E-state index is 15.9. The zero-order valence-electron chi connectivity index (χ0n) is 19.0. The van der Waals surface area contributed by atoms with Crippen molar-refractivity contribution in [2.24, 2.45) is 0 Å². The number of nitrogens with one attached hydrogen (secondary N) is 1. The highest BCUT2D eigenvalue weighted by Gasteiger charge is 2.76. The van der Waals surface area contributed by atoms with Crippen LogP contribution in [0.3, 0.4) is 0 Å². The lowest BCUT2D eigenvalue weighted by molar-refractivity contribution is -0.136. The molecule has 2 aromatic carbocycles. The average molecular weight is 543 g/mol. The van der Waals surface area contributed by atoms with Gasteiger partial charge >= 0.3 is 0 Å². The van der Waals surface area contributed by atoms with E-state index < -0.39 is 42.2 Å². The number of hydrogen-bond acceptors (Lipinski definition) is 5. The van der Waals surface area contributed by atoms with Crippen molar-refractivity contribution in [3.05, 3.63) is 53.3 Å². The fraction of sp³-hybridized carbons (Fsp3) is 0.458. The molecule has 1 saturated carbocycles. The largest absolute Gasteiger partial charge is 0.489 e. The molecule has 3 fully saturated rings. The highest BCUT2D eigenvalue weighted by Crippen LogP contribution is 2.70. The van der Waals surface area contributed by atoms with Crippen molar-refractivity contribution >= 4 is 27.7 Å². The van der Waals surface area contributed by atoms with Gasteiger partial charge in [-0.25, -0.2) is 26.0 Å². The number of thioether (sulfide) groups is 1. The average Bonchev–Trinajstić information content (AvgIpc) is 3.70. The predicted octanol–water partition coefficient (Wildman–Crippen LogP) is 4.24. The third kappa shape index (κ3) is 3.47. The third-order valence-corrected chi connectivity index (χ3v) is 11.3. The smallest absolute Gasteiger partial charge is 0.248 e. The highest BCUT2D eigenvalue weighted by molar-refractivity contribution is 8.10. The topological polar surface area (TPSA) is 75.7 Å². The second kappa shape index (κ2) is 7.84. The molecule has 2 atom stereocenters. The molecule has 0 aromatic heterocycles. The molecule has 4 aliphatic rings. The fourth-order valence-corrected chi connectivity index (χ4v) is 9.07. The van der Waals surface area contributed by atoms with Crippen molar-refractivity contribution in [1.29, 1.82) is 0 Å². The van der Waals surface area contributed by atoms with Crippen LogP contribution in [0.1, 0.15) is 37.7 Å². The number of rotatable bonds is 3. The number of hydrogen-bond donors (Lipinski definition) is 1. The van der Waals surface area contributed by atoms with Crippen LogP contribution in [0.5, 0.6) is 5.75 Å². The van der Waals surface area contributed by atoms with E-state index in [1.807, 2.05) is 0 Å². The van der Waals surface area contributed by atoms with Gasteiger partial charge in [0.2, 0.25) is 20.9 Å². The lowest BCUT2D eigenvalue weighted by Gasteiger charge is -2.39. The standard InChI is InChI=1S/C24H22F4N2O4S2/c25-15-11-17-16-4-1-3-14(20(16)27)13-24-23(35-24,29-36(32,33)22(28)7-8-22)6-2-9-30(24)19(31)5-10-34-21(17)18(26)12-15/h1,3-4,11-12,29H,2,5-10,13H2/t23-,24-/m0/s1. The summed E-state index contributed by atoms with van der Waals surface area (Å²) in [6.07, 6.45) is 0.374. The van der Waals surface area contributed by atoms with E-state index >= 15 is 4.39 Å². The van der Waals surface area contributed by atoms with Gasteiger partial charge in [-0.2, -0.15) is 4.72 Å². The lowest BCUT2D eigenvalue weighted by Crippen LogP contribution is -2.59. The van der Waals surface area contributed by atoms with Crippen molar-refractivity contribution < 1.29 is 35.5 Å².